The maximum Gasteiger partial charge on any atom is 0.303 e. The third-order valence-corrected chi connectivity index (χ3v) is 8.26. The molecule has 2 fully saturated rings. The molecule has 11 heteroatoms. The smallest absolute Gasteiger partial charge is 0.303 e. The number of aliphatic carboxylic acids is 1. The van der Waals surface area contributed by atoms with Gasteiger partial charge in [0.15, 0.2) is 0 Å². The number of aromatic nitrogens is 3. The molecule has 220 valence electrons. The van der Waals surface area contributed by atoms with Crippen LogP contribution in [0.25, 0.3) is 22.3 Å². The van der Waals surface area contributed by atoms with E-state index in [4.69, 9.17) is 42.8 Å². The van der Waals surface area contributed by atoms with E-state index < -0.39 is 5.97 Å². The molecule has 2 saturated heterocycles. The van der Waals surface area contributed by atoms with Crippen LogP contribution >= 0.6 is 23.2 Å². The number of halogens is 2. The SMILES string of the molecule is O=C(O)CC1CCN(Cc2cc(Oc3cnc4c(ccn4CCNC4COC4)c3)nc(-c3cc(Cl)cc(Cl)c3)c2)CC1. The van der Waals surface area contributed by atoms with Gasteiger partial charge in [0, 0.05) is 59.3 Å². The first-order valence-corrected chi connectivity index (χ1v) is 15.0. The van der Waals surface area contributed by atoms with Gasteiger partial charge in [0.05, 0.1) is 31.1 Å². The summed E-state index contributed by atoms with van der Waals surface area (Å²) in [5.41, 5.74) is 3.44. The van der Waals surface area contributed by atoms with E-state index in [0.717, 1.165) is 74.4 Å². The Labute approximate surface area is 254 Å². The third kappa shape index (κ3) is 7.22. The largest absolute Gasteiger partial charge is 0.481 e. The summed E-state index contributed by atoms with van der Waals surface area (Å²) in [5.74, 6) is 0.547. The normalized spacial score (nSPS) is 16.5. The molecule has 0 amide bonds. The second kappa shape index (κ2) is 13.0. The molecule has 9 nitrogen and oxygen atoms in total. The molecule has 0 unspecified atom stereocenters. The molecule has 2 aliphatic rings. The molecule has 0 bridgehead atoms. The Morgan fingerprint density at radius 1 is 1.10 bits per heavy atom. The van der Waals surface area contributed by atoms with Gasteiger partial charge >= 0.3 is 5.97 Å². The highest BCUT2D eigenvalue weighted by Crippen LogP contribution is 2.31. The van der Waals surface area contributed by atoms with Crippen LogP contribution in [0.1, 0.15) is 24.8 Å². The summed E-state index contributed by atoms with van der Waals surface area (Å²) in [6.07, 6.45) is 5.74. The van der Waals surface area contributed by atoms with Crippen molar-refractivity contribution in [3.8, 4) is 22.9 Å². The van der Waals surface area contributed by atoms with Gasteiger partial charge in [0.25, 0.3) is 0 Å². The minimum absolute atomic E-state index is 0.227. The molecule has 3 aromatic heterocycles. The number of carbonyl (C=O) groups is 1. The Hall–Kier alpha value is -3.21. The summed E-state index contributed by atoms with van der Waals surface area (Å²) < 4.78 is 13.6. The van der Waals surface area contributed by atoms with Crippen molar-refractivity contribution in [1.29, 1.82) is 0 Å². The van der Waals surface area contributed by atoms with Gasteiger partial charge in [-0.25, -0.2) is 9.97 Å². The molecular formula is C31H33Cl2N5O4. The van der Waals surface area contributed by atoms with Crippen molar-refractivity contribution >= 4 is 40.2 Å². The fourth-order valence-electron chi connectivity index (χ4n) is 5.56. The lowest BCUT2D eigenvalue weighted by molar-refractivity contribution is -0.138. The molecule has 5 heterocycles. The van der Waals surface area contributed by atoms with Crippen molar-refractivity contribution in [2.24, 2.45) is 5.92 Å². The highest BCUT2D eigenvalue weighted by Gasteiger charge is 2.22. The lowest BCUT2D eigenvalue weighted by atomic mass is 9.93. The van der Waals surface area contributed by atoms with Gasteiger partial charge in [0.2, 0.25) is 5.88 Å². The highest BCUT2D eigenvalue weighted by atomic mass is 35.5. The molecule has 42 heavy (non-hydrogen) atoms. The second-order valence-corrected chi connectivity index (χ2v) is 11.9. The number of ether oxygens (including phenoxy) is 2. The molecule has 4 aromatic rings. The predicted octanol–water partition coefficient (Wildman–Crippen LogP) is 5.87. The van der Waals surface area contributed by atoms with Crippen LogP contribution in [0.3, 0.4) is 0 Å². The van der Waals surface area contributed by atoms with Crippen molar-refractivity contribution in [3.63, 3.8) is 0 Å². The lowest BCUT2D eigenvalue weighted by Gasteiger charge is -2.31. The zero-order valence-electron chi connectivity index (χ0n) is 23.1. The van der Waals surface area contributed by atoms with Crippen molar-refractivity contribution in [1.82, 2.24) is 24.8 Å². The summed E-state index contributed by atoms with van der Waals surface area (Å²) >= 11 is 12.6. The number of hydrogen-bond donors (Lipinski definition) is 2. The molecule has 2 aliphatic heterocycles. The summed E-state index contributed by atoms with van der Waals surface area (Å²) in [4.78, 5) is 23.0. The number of pyridine rings is 2. The van der Waals surface area contributed by atoms with Gasteiger partial charge in [-0.15, -0.1) is 0 Å². The van der Waals surface area contributed by atoms with Crippen LogP contribution in [0.5, 0.6) is 11.6 Å². The van der Waals surface area contributed by atoms with E-state index in [9.17, 15) is 4.79 Å². The number of fused-ring (bicyclic) bond motifs is 1. The number of hydrogen-bond acceptors (Lipinski definition) is 7. The fraction of sp³-hybridized carbons (Fsp3) is 0.387. The molecular weight excluding hydrogens is 577 g/mol. The summed E-state index contributed by atoms with van der Waals surface area (Å²) in [6, 6.07) is 13.8. The van der Waals surface area contributed by atoms with Gasteiger partial charge < -0.3 is 24.5 Å². The Kier molecular flexibility index (Phi) is 8.92. The van der Waals surface area contributed by atoms with E-state index in [1.807, 2.05) is 42.6 Å². The van der Waals surface area contributed by atoms with E-state index in [1.165, 1.54) is 0 Å². The monoisotopic (exact) mass is 609 g/mol. The van der Waals surface area contributed by atoms with Crippen LogP contribution in [0.4, 0.5) is 0 Å². The van der Waals surface area contributed by atoms with E-state index in [-0.39, 0.29) is 12.3 Å². The molecule has 0 radical (unpaired) electrons. The standard InChI is InChI=1S/C31H33Cl2N5O4/c32-24-12-23(13-25(33)15-24)28-9-21(17-37-5-1-20(2-6-37)11-30(39)40)10-29(36-28)42-27-14-22-3-7-38(31(22)35-16-27)8-4-34-26-18-41-19-26/h3,7,9-10,12-16,20,26,34H,1-2,4-6,8,11,17-19H2,(H,39,40). The average molecular weight is 611 g/mol. The fourth-order valence-corrected chi connectivity index (χ4v) is 6.09. The first-order chi connectivity index (χ1) is 20.4. The minimum atomic E-state index is -0.727. The van der Waals surface area contributed by atoms with Gasteiger partial charge in [-0.05, 0) is 73.8 Å². The van der Waals surface area contributed by atoms with E-state index in [0.29, 0.717) is 40.0 Å². The number of carboxylic acid groups (broad SMARTS) is 1. The molecule has 0 atom stereocenters. The summed E-state index contributed by atoms with van der Waals surface area (Å²) in [6.45, 7) is 5.60. The number of carboxylic acids is 1. The van der Waals surface area contributed by atoms with Gasteiger partial charge in [-0.2, -0.15) is 0 Å². The Bertz CT molecular complexity index is 1550. The van der Waals surface area contributed by atoms with E-state index >= 15 is 0 Å². The molecule has 6 rings (SSSR count). The quantitative estimate of drug-likeness (QED) is 0.218. The predicted molar refractivity (Wildman–Crippen MR) is 162 cm³/mol. The number of likely N-dealkylation sites (tertiary alicyclic amines) is 1. The maximum absolute atomic E-state index is 11.1. The zero-order chi connectivity index (χ0) is 29.1. The second-order valence-electron chi connectivity index (χ2n) is 11.1. The van der Waals surface area contributed by atoms with E-state index in [1.54, 1.807) is 12.3 Å². The number of piperidine rings is 1. The topological polar surface area (TPSA) is 102 Å². The first kappa shape index (κ1) is 28.9. The van der Waals surface area contributed by atoms with Gasteiger partial charge in [-0.3, -0.25) is 9.69 Å². The maximum atomic E-state index is 11.1. The van der Waals surface area contributed by atoms with Crippen LogP contribution in [-0.4, -0.2) is 69.4 Å². The van der Waals surface area contributed by atoms with Crippen LogP contribution in [0.2, 0.25) is 10.0 Å². The molecule has 2 N–H and O–H groups in total. The molecule has 0 aliphatic carbocycles. The van der Waals surface area contributed by atoms with Crippen molar-refractivity contribution in [2.45, 2.75) is 38.4 Å². The van der Waals surface area contributed by atoms with Crippen molar-refractivity contribution < 1.29 is 19.4 Å². The van der Waals surface area contributed by atoms with Crippen molar-refractivity contribution in [2.75, 3.05) is 32.8 Å². The van der Waals surface area contributed by atoms with Crippen LogP contribution < -0.4 is 10.1 Å². The number of benzene rings is 1. The number of nitrogens with zero attached hydrogens (tertiary/aromatic N) is 4. The van der Waals surface area contributed by atoms with Gasteiger partial charge in [0.1, 0.15) is 11.4 Å². The summed E-state index contributed by atoms with van der Waals surface area (Å²) in [5, 5.41) is 14.7. The minimum Gasteiger partial charge on any atom is -0.481 e. The van der Waals surface area contributed by atoms with Gasteiger partial charge in [-0.1, -0.05) is 23.2 Å². The third-order valence-electron chi connectivity index (χ3n) is 7.82. The average Bonchev–Trinajstić information content (AvgIpc) is 3.32. The Morgan fingerprint density at radius 3 is 2.60 bits per heavy atom. The Morgan fingerprint density at radius 2 is 1.88 bits per heavy atom. The highest BCUT2D eigenvalue weighted by molar-refractivity contribution is 6.35. The summed E-state index contributed by atoms with van der Waals surface area (Å²) in [7, 11) is 0. The Balaban J connectivity index is 1.21. The first-order valence-electron chi connectivity index (χ1n) is 14.2. The van der Waals surface area contributed by atoms with Crippen molar-refractivity contribution in [3.05, 3.63) is 70.5 Å². The number of nitrogens with one attached hydrogen (secondary N) is 1. The van der Waals surface area contributed by atoms with Crippen LogP contribution in [-0.2, 0) is 22.6 Å². The van der Waals surface area contributed by atoms with Crippen LogP contribution in [0.15, 0.2) is 54.9 Å². The molecule has 0 spiro atoms. The lowest BCUT2D eigenvalue weighted by Crippen LogP contribution is -2.46. The molecule has 1 aromatic carbocycles. The van der Waals surface area contributed by atoms with Crippen LogP contribution in [0, 0.1) is 5.92 Å². The van der Waals surface area contributed by atoms with E-state index in [2.05, 4.69) is 19.8 Å². The molecule has 0 saturated carbocycles. The zero-order valence-corrected chi connectivity index (χ0v) is 24.7. The number of rotatable bonds is 11.